The summed E-state index contributed by atoms with van der Waals surface area (Å²) in [4.78, 5) is 26.8. The Labute approximate surface area is 177 Å². The van der Waals surface area contributed by atoms with Crippen molar-refractivity contribution in [2.24, 2.45) is 7.05 Å². The Morgan fingerprint density at radius 3 is 2.83 bits per heavy atom. The van der Waals surface area contributed by atoms with Crippen molar-refractivity contribution < 1.29 is 14.3 Å². The van der Waals surface area contributed by atoms with Gasteiger partial charge >= 0.3 is 0 Å². The molecule has 1 aromatic carbocycles. The average Bonchev–Trinajstić information content (AvgIpc) is 3.52. The molecule has 0 bridgehead atoms. The summed E-state index contributed by atoms with van der Waals surface area (Å²) in [6, 6.07) is 8.25. The molecule has 2 aliphatic rings. The van der Waals surface area contributed by atoms with Gasteiger partial charge in [-0.25, -0.2) is 0 Å². The number of rotatable bonds is 8. The number of hydrogen-bond donors (Lipinski definition) is 1. The first kappa shape index (κ1) is 20.4. The zero-order valence-corrected chi connectivity index (χ0v) is 17.8. The molecule has 2 heterocycles. The Hall–Kier alpha value is -2.83. The quantitative estimate of drug-likeness (QED) is 0.724. The van der Waals surface area contributed by atoms with E-state index in [0.717, 1.165) is 41.8 Å². The van der Waals surface area contributed by atoms with Crippen molar-refractivity contribution in [3.8, 4) is 5.75 Å². The van der Waals surface area contributed by atoms with E-state index in [2.05, 4.69) is 10.4 Å². The molecule has 0 radical (unpaired) electrons. The summed E-state index contributed by atoms with van der Waals surface area (Å²) in [6.07, 6.45) is 5.23. The number of methoxy groups -OCH3 is 1. The highest BCUT2D eigenvalue weighted by atomic mass is 16.5. The zero-order chi connectivity index (χ0) is 21.1. The number of fused-ring (bicyclic) bond motifs is 1. The molecule has 1 aliphatic carbocycles. The van der Waals surface area contributed by atoms with Crippen LogP contribution in [0.5, 0.6) is 5.75 Å². The molecule has 1 aromatic heterocycles. The van der Waals surface area contributed by atoms with Crippen LogP contribution < -0.4 is 10.1 Å². The minimum atomic E-state index is 0.0962. The van der Waals surface area contributed by atoms with Crippen LogP contribution in [0.15, 0.2) is 24.3 Å². The normalized spacial score (nSPS) is 15.6. The number of nitrogens with zero attached hydrogens (tertiary/aromatic N) is 3. The first-order valence-electron chi connectivity index (χ1n) is 10.8. The Kier molecular flexibility index (Phi) is 6.06. The molecular formula is C23H30N4O3. The monoisotopic (exact) mass is 410 g/mol. The van der Waals surface area contributed by atoms with E-state index >= 15 is 0 Å². The molecule has 2 aromatic rings. The van der Waals surface area contributed by atoms with E-state index in [1.54, 1.807) is 7.11 Å². The number of ether oxygens (including phenoxy) is 1. The standard InChI is InChI=1S/C23H30N4O3/c1-26-21-12-13-27(23(29)11-6-16-4-3-5-18(14-16)30-2)15-19(21)20(25-26)9-10-22(28)24-17-7-8-17/h3-5,14,17H,6-13,15H2,1-2H3,(H,24,28). The molecule has 4 rings (SSSR count). The van der Waals surface area contributed by atoms with E-state index < -0.39 is 0 Å². The third-order valence-electron chi connectivity index (χ3n) is 5.97. The number of amides is 2. The number of hydrogen-bond acceptors (Lipinski definition) is 4. The Morgan fingerprint density at radius 1 is 1.23 bits per heavy atom. The summed E-state index contributed by atoms with van der Waals surface area (Å²) in [5.74, 6) is 1.07. The molecule has 0 unspecified atom stereocenters. The molecule has 0 spiro atoms. The minimum absolute atomic E-state index is 0.0962. The number of aromatic nitrogens is 2. The number of nitrogens with one attached hydrogen (secondary N) is 1. The second-order valence-electron chi connectivity index (χ2n) is 8.25. The van der Waals surface area contributed by atoms with Gasteiger partial charge in [0.15, 0.2) is 0 Å². The van der Waals surface area contributed by atoms with Crippen LogP contribution in [0.3, 0.4) is 0 Å². The second kappa shape index (κ2) is 8.90. The van der Waals surface area contributed by atoms with Gasteiger partial charge in [-0.3, -0.25) is 14.3 Å². The van der Waals surface area contributed by atoms with Gasteiger partial charge in [-0.05, 0) is 37.0 Å². The molecule has 2 amide bonds. The molecular weight excluding hydrogens is 380 g/mol. The summed E-state index contributed by atoms with van der Waals surface area (Å²) in [6.45, 7) is 1.30. The molecule has 1 saturated carbocycles. The van der Waals surface area contributed by atoms with Crippen molar-refractivity contribution in [1.29, 1.82) is 0 Å². The topological polar surface area (TPSA) is 76.5 Å². The highest BCUT2D eigenvalue weighted by Gasteiger charge is 2.27. The van der Waals surface area contributed by atoms with Gasteiger partial charge < -0.3 is 15.0 Å². The maximum absolute atomic E-state index is 12.9. The average molecular weight is 411 g/mol. The predicted octanol–water partition coefficient (Wildman–Crippen LogP) is 2.16. The highest BCUT2D eigenvalue weighted by Crippen LogP contribution is 2.24. The van der Waals surface area contributed by atoms with E-state index in [9.17, 15) is 9.59 Å². The Balaban J connectivity index is 1.35. The third-order valence-corrected chi connectivity index (χ3v) is 5.97. The number of benzene rings is 1. The Bertz CT molecular complexity index is 933. The highest BCUT2D eigenvalue weighted by molar-refractivity contribution is 5.77. The van der Waals surface area contributed by atoms with Crippen molar-refractivity contribution in [1.82, 2.24) is 20.0 Å². The van der Waals surface area contributed by atoms with Crippen LogP contribution in [0.1, 0.15) is 48.2 Å². The van der Waals surface area contributed by atoms with Crippen molar-refractivity contribution in [2.75, 3.05) is 13.7 Å². The van der Waals surface area contributed by atoms with Gasteiger partial charge in [0.1, 0.15) is 5.75 Å². The van der Waals surface area contributed by atoms with Crippen molar-refractivity contribution in [3.63, 3.8) is 0 Å². The van der Waals surface area contributed by atoms with Crippen LogP contribution in [-0.2, 0) is 42.4 Å². The van der Waals surface area contributed by atoms with E-state index in [0.29, 0.717) is 44.8 Å². The van der Waals surface area contributed by atoms with E-state index in [-0.39, 0.29) is 11.8 Å². The zero-order valence-electron chi connectivity index (χ0n) is 17.8. The van der Waals surface area contributed by atoms with E-state index in [1.807, 2.05) is 40.9 Å². The molecule has 1 N–H and O–H groups in total. The maximum atomic E-state index is 12.9. The van der Waals surface area contributed by atoms with Crippen molar-refractivity contribution in [3.05, 3.63) is 46.8 Å². The summed E-state index contributed by atoms with van der Waals surface area (Å²) in [5.41, 5.74) is 4.36. The first-order chi connectivity index (χ1) is 14.5. The Morgan fingerprint density at radius 2 is 2.07 bits per heavy atom. The maximum Gasteiger partial charge on any atom is 0.223 e. The van der Waals surface area contributed by atoms with Gasteiger partial charge in [0, 0.05) is 63.1 Å². The summed E-state index contributed by atoms with van der Waals surface area (Å²) in [5, 5.41) is 7.68. The lowest BCUT2D eigenvalue weighted by atomic mass is 10.0. The fourth-order valence-corrected chi connectivity index (χ4v) is 4.08. The number of carbonyl (C=O) groups excluding carboxylic acids is 2. The molecule has 0 saturated heterocycles. The first-order valence-corrected chi connectivity index (χ1v) is 10.8. The second-order valence-corrected chi connectivity index (χ2v) is 8.25. The molecule has 7 heteroatoms. The van der Waals surface area contributed by atoms with Crippen LogP contribution in [-0.4, -0.2) is 46.2 Å². The number of carbonyl (C=O) groups is 2. The molecule has 7 nitrogen and oxygen atoms in total. The van der Waals surface area contributed by atoms with Crippen molar-refractivity contribution >= 4 is 11.8 Å². The number of aryl methyl sites for hydroxylation is 3. The van der Waals surface area contributed by atoms with Gasteiger partial charge in [-0.2, -0.15) is 5.10 Å². The summed E-state index contributed by atoms with van der Waals surface area (Å²) >= 11 is 0. The summed E-state index contributed by atoms with van der Waals surface area (Å²) < 4.78 is 7.18. The SMILES string of the molecule is COc1cccc(CCC(=O)N2CCc3c(c(CCC(=O)NC4CC4)nn3C)C2)c1. The molecule has 0 atom stereocenters. The van der Waals surface area contributed by atoms with Gasteiger partial charge in [0.25, 0.3) is 0 Å². The fraction of sp³-hybridized carbons (Fsp3) is 0.522. The van der Waals surface area contributed by atoms with Gasteiger partial charge in [-0.15, -0.1) is 0 Å². The smallest absolute Gasteiger partial charge is 0.223 e. The van der Waals surface area contributed by atoms with Crippen LogP contribution >= 0.6 is 0 Å². The molecule has 160 valence electrons. The van der Waals surface area contributed by atoms with Gasteiger partial charge in [0.05, 0.1) is 12.8 Å². The van der Waals surface area contributed by atoms with Crippen LogP contribution in [0, 0.1) is 0 Å². The van der Waals surface area contributed by atoms with Gasteiger partial charge in [0.2, 0.25) is 11.8 Å². The minimum Gasteiger partial charge on any atom is -0.497 e. The summed E-state index contributed by atoms with van der Waals surface area (Å²) in [7, 11) is 3.60. The lowest BCUT2D eigenvalue weighted by molar-refractivity contribution is -0.132. The van der Waals surface area contributed by atoms with Crippen LogP contribution in [0.4, 0.5) is 0 Å². The molecule has 1 fully saturated rings. The largest absolute Gasteiger partial charge is 0.497 e. The third kappa shape index (κ3) is 4.83. The van der Waals surface area contributed by atoms with Crippen LogP contribution in [0.2, 0.25) is 0 Å². The van der Waals surface area contributed by atoms with E-state index in [4.69, 9.17) is 4.74 Å². The fourth-order valence-electron chi connectivity index (χ4n) is 4.08. The predicted molar refractivity (Wildman–Crippen MR) is 113 cm³/mol. The lowest BCUT2D eigenvalue weighted by Crippen LogP contribution is -2.36. The van der Waals surface area contributed by atoms with Crippen molar-refractivity contribution in [2.45, 2.75) is 57.5 Å². The van der Waals surface area contributed by atoms with Gasteiger partial charge in [-0.1, -0.05) is 12.1 Å². The lowest BCUT2D eigenvalue weighted by Gasteiger charge is -2.28. The molecule has 1 aliphatic heterocycles. The van der Waals surface area contributed by atoms with E-state index in [1.165, 1.54) is 5.69 Å². The van der Waals surface area contributed by atoms with Crippen LogP contribution in [0.25, 0.3) is 0 Å². The molecule has 30 heavy (non-hydrogen) atoms.